The van der Waals surface area contributed by atoms with Gasteiger partial charge in [-0.15, -0.1) is 6.58 Å². The number of para-hydroxylation sites is 1. The monoisotopic (exact) mass is 381 g/mol. The van der Waals surface area contributed by atoms with E-state index in [0.29, 0.717) is 13.2 Å². The van der Waals surface area contributed by atoms with Crippen LogP contribution in [0.5, 0.6) is 5.75 Å². The fraction of sp³-hybridized carbons (Fsp3) is 0.435. The molecule has 28 heavy (non-hydrogen) atoms. The zero-order valence-electron chi connectivity index (χ0n) is 17.1. The maximum Gasteiger partial charge on any atom is 0.178 e. The fourth-order valence-corrected chi connectivity index (χ4v) is 3.76. The van der Waals surface area contributed by atoms with Gasteiger partial charge in [0.15, 0.2) is 5.78 Å². The van der Waals surface area contributed by atoms with Crippen LogP contribution in [-0.2, 0) is 6.54 Å². The number of aryl methyl sites for hydroxylation is 1. The maximum atomic E-state index is 12.8. The molecule has 0 atom stereocenters. The molecule has 1 fully saturated rings. The van der Waals surface area contributed by atoms with Crippen molar-refractivity contribution in [3.8, 4) is 5.75 Å². The molecule has 1 aliphatic rings. The summed E-state index contributed by atoms with van der Waals surface area (Å²) in [5.41, 5.74) is 3.00. The van der Waals surface area contributed by atoms with E-state index >= 15 is 0 Å². The third kappa shape index (κ3) is 5.12. The Kier molecular flexibility index (Phi) is 7.06. The number of benzene rings is 1. The lowest BCUT2D eigenvalue weighted by molar-refractivity contribution is 0.0830. The van der Waals surface area contributed by atoms with E-state index in [-0.39, 0.29) is 5.78 Å². The molecule has 0 bridgehead atoms. The topological polar surface area (TPSA) is 37.7 Å². The molecule has 3 rings (SSSR count). The van der Waals surface area contributed by atoms with Crippen LogP contribution in [0.25, 0.3) is 0 Å². The number of hydrogen-bond acceptors (Lipinski definition) is 4. The Bertz CT molecular complexity index is 790. The molecule has 0 unspecified atom stereocenters. The number of piperazine rings is 1. The second kappa shape index (κ2) is 9.71. The number of aromatic nitrogens is 1. The van der Waals surface area contributed by atoms with Crippen LogP contribution in [0, 0.1) is 13.8 Å². The third-order valence-corrected chi connectivity index (χ3v) is 5.44. The van der Waals surface area contributed by atoms with E-state index in [4.69, 9.17) is 4.74 Å². The van der Waals surface area contributed by atoms with Crippen molar-refractivity contribution in [1.29, 1.82) is 0 Å². The van der Waals surface area contributed by atoms with Gasteiger partial charge in [0.25, 0.3) is 0 Å². The minimum atomic E-state index is 0.212. The van der Waals surface area contributed by atoms with Crippen molar-refractivity contribution < 1.29 is 9.53 Å². The lowest BCUT2D eigenvalue weighted by Gasteiger charge is -2.34. The molecule has 1 aromatic heterocycles. The first-order valence-electron chi connectivity index (χ1n) is 10.0. The van der Waals surface area contributed by atoms with Crippen LogP contribution >= 0.6 is 0 Å². The van der Waals surface area contributed by atoms with Gasteiger partial charge in [-0.25, -0.2) is 0 Å². The SMILES string of the molecule is C=CCn1c(C)cc(C(=O)CN2CCN(CCOc3ccccc3)CC2)c1C. The fourth-order valence-electron chi connectivity index (χ4n) is 3.76. The van der Waals surface area contributed by atoms with Crippen molar-refractivity contribution in [3.05, 3.63) is 66.0 Å². The van der Waals surface area contributed by atoms with Crippen LogP contribution in [0.15, 0.2) is 49.1 Å². The number of Topliss-reactive ketones (excluding diaryl/α,β-unsaturated/α-hetero) is 1. The van der Waals surface area contributed by atoms with Crippen molar-refractivity contribution in [3.63, 3.8) is 0 Å². The maximum absolute atomic E-state index is 12.8. The lowest BCUT2D eigenvalue weighted by atomic mass is 10.1. The minimum Gasteiger partial charge on any atom is -0.492 e. The number of carbonyl (C=O) groups is 1. The first-order valence-corrected chi connectivity index (χ1v) is 10.0. The van der Waals surface area contributed by atoms with Crippen molar-refractivity contribution in [2.75, 3.05) is 45.9 Å². The van der Waals surface area contributed by atoms with Gasteiger partial charge in [-0.05, 0) is 32.0 Å². The Morgan fingerprint density at radius 2 is 1.79 bits per heavy atom. The van der Waals surface area contributed by atoms with Gasteiger partial charge in [-0.1, -0.05) is 24.3 Å². The molecule has 0 N–H and O–H groups in total. The van der Waals surface area contributed by atoms with Crippen LogP contribution in [0.3, 0.4) is 0 Å². The van der Waals surface area contributed by atoms with Crippen molar-refractivity contribution in [2.45, 2.75) is 20.4 Å². The molecule has 1 aliphatic heterocycles. The normalized spacial score (nSPS) is 15.5. The molecule has 5 heteroatoms. The zero-order chi connectivity index (χ0) is 19.9. The first-order chi connectivity index (χ1) is 13.6. The number of allylic oxidation sites excluding steroid dienone is 1. The molecule has 0 amide bonds. The molecule has 1 saturated heterocycles. The molecule has 0 saturated carbocycles. The first kappa shape index (κ1) is 20.4. The summed E-state index contributed by atoms with van der Waals surface area (Å²) < 4.78 is 7.93. The average Bonchev–Trinajstić information content (AvgIpc) is 2.99. The van der Waals surface area contributed by atoms with Crippen LogP contribution in [0.4, 0.5) is 0 Å². The predicted octanol–water partition coefficient (Wildman–Crippen LogP) is 3.17. The number of carbonyl (C=O) groups excluding carboxylic acids is 1. The average molecular weight is 382 g/mol. The van der Waals surface area contributed by atoms with Crippen LogP contribution < -0.4 is 4.74 Å². The molecule has 1 aromatic carbocycles. The Morgan fingerprint density at radius 3 is 2.46 bits per heavy atom. The summed E-state index contributed by atoms with van der Waals surface area (Å²) in [5.74, 6) is 1.13. The predicted molar refractivity (Wildman–Crippen MR) is 113 cm³/mol. The van der Waals surface area contributed by atoms with Gasteiger partial charge in [0.2, 0.25) is 0 Å². The summed E-state index contributed by atoms with van der Waals surface area (Å²) in [6.45, 7) is 14.5. The molecule has 150 valence electrons. The number of hydrogen-bond donors (Lipinski definition) is 0. The number of rotatable bonds is 9. The number of ether oxygens (including phenoxy) is 1. The van der Waals surface area contributed by atoms with Gasteiger partial charge in [-0.2, -0.15) is 0 Å². The minimum absolute atomic E-state index is 0.212. The summed E-state index contributed by atoms with van der Waals surface area (Å²) in [7, 11) is 0. The lowest BCUT2D eigenvalue weighted by Crippen LogP contribution is -2.48. The van der Waals surface area contributed by atoms with Crippen molar-refractivity contribution in [2.24, 2.45) is 0 Å². The largest absolute Gasteiger partial charge is 0.492 e. The highest BCUT2D eigenvalue weighted by atomic mass is 16.5. The highest BCUT2D eigenvalue weighted by Crippen LogP contribution is 2.17. The van der Waals surface area contributed by atoms with E-state index in [1.165, 1.54) is 0 Å². The summed E-state index contributed by atoms with van der Waals surface area (Å²) in [4.78, 5) is 17.5. The van der Waals surface area contributed by atoms with Gasteiger partial charge in [0, 0.05) is 56.2 Å². The summed E-state index contributed by atoms with van der Waals surface area (Å²) in [5, 5.41) is 0. The van der Waals surface area contributed by atoms with Crippen LogP contribution in [0.2, 0.25) is 0 Å². The Balaban J connectivity index is 1.43. The molecule has 5 nitrogen and oxygen atoms in total. The molecule has 2 aromatic rings. The molecule has 0 radical (unpaired) electrons. The quantitative estimate of drug-likeness (QED) is 0.494. The summed E-state index contributed by atoms with van der Waals surface area (Å²) in [6.07, 6.45) is 1.87. The van der Waals surface area contributed by atoms with Gasteiger partial charge < -0.3 is 9.30 Å². The van der Waals surface area contributed by atoms with Crippen LogP contribution in [-0.4, -0.2) is 66.0 Å². The Labute approximate surface area is 168 Å². The second-order valence-electron chi connectivity index (χ2n) is 7.39. The van der Waals surface area contributed by atoms with Gasteiger partial charge in [0.05, 0.1) is 6.54 Å². The van der Waals surface area contributed by atoms with Crippen LogP contribution in [0.1, 0.15) is 21.7 Å². The number of nitrogens with zero attached hydrogens (tertiary/aromatic N) is 3. The van der Waals surface area contributed by atoms with E-state index in [1.54, 1.807) is 0 Å². The smallest absolute Gasteiger partial charge is 0.178 e. The van der Waals surface area contributed by atoms with Crippen molar-refractivity contribution >= 4 is 5.78 Å². The van der Waals surface area contributed by atoms with E-state index in [0.717, 1.165) is 62.0 Å². The van der Waals surface area contributed by atoms with E-state index in [9.17, 15) is 4.79 Å². The highest BCUT2D eigenvalue weighted by molar-refractivity contribution is 5.99. The summed E-state index contributed by atoms with van der Waals surface area (Å²) >= 11 is 0. The van der Waals surface area contributed by atoms with Gasteiger partial charge >= 0.3 is 0 Å². The molecule has 0 spiro atoms. The highest BCUT2D eigenvalue weighted by Gasteiger charge is 2.21. The molecular formula is C23H31N3O2. The standard InChI is InChI=1S/C23H31N3O2/c1-4-10-26-19(2)17-22(20(26)3)23(27)18-25-13-11-24(12-14-25)15-16-28-21-8-6-5-7-9-21/h4-9,17H,1,10-16,18H2,2-3H3. The Hall–Kier alpha value is -2.37. The number of ketones is 1. The zero-order valence-corrected chi connectivity index (χ0v) is 17.1. The van der Waals surface area contributed by atoms with Gasteiger partial charge in [0.1, 0.15) is 12.4 Å². The molecular weight excluding hydrogens is 350 g/mol. The van der Waals surface area contributed by atoms with Crippen molar-refractivity contribution in [1.82, 2.24) is 14.4 Å². The second-order valence-corrected chi connectivity index (χ2v) is 7.39. The van der Waals surface area contributed by atoms with Gasteiger partial charge in [-0.3, -0.25) is 14.6 Å². The molecule has 2 heterocycles. The van der Waals surface area contributed by atoms with E-state index in [2.05, 4.69) is 20.9 Å². The molecule has 0 aliphatic carbocycles. The summed E-state index contributed by atoms with van der Waals surface area (Å²) in [6, 6.07) is 11.9. The van der Waals surface area contributed by atoms with E-state index in [1.807, 2.05) is 56.3 Å². The Morgan fingerprint density at radius 1 is 1.11 bits per heavy atom. The third-order valence-electron chi connectivity index (χ3n) is 5.44. The van der Waals surface area contributed by atoms with E-state index < -0.39 is 0 Å².